The molecule has 0 amide bonds. The van der Waals surface area contributed by atoms with E-state index in [1.807, 2.05) is 13.1 Å². The minimum atomic E-state index is 1.15. The number of hydrogen-bond donors (Lipinski definition) is 1. The largest absolute Gasteiger partial charge is 0.388 e. The van der Waals surface area contributed by atoms with Gasteiger partial charge in [0, 0.05) is 12.7 Å². The third-order valence-electron chi connectivity index (χ3n) is 2.16. The zero-order valence-corrected chi connectivity index (χ0v) is 7.94. The van der Waals surface area contributed by atoms with Crippen LogP contribution in [0, 0.1) is 13.8 Å². The van der Waals surface area contributed by atoms with Gasteiger partial charge >= 0.3 is 0 Å². The predicted molar refractivity (Wildman–Crippen MR) is 55.6 cm³/mol. The van der Waals surface area contributed by atoms with Gasteiger partial charge in [0.25, 0.3) is 0 Å². The summed E-state index contributed by atoms with van der Waals surface area (Å²) >= 11 is 0. The summed E-state index contributed by atoms with van der Waals surface area (Å²) in [5.41, 5.74) is 4.93. The number of anilines is 1. The highest BCUT2D eigenvalue weighted by atomic mass is 14.8. The van der Waals surface area contributed by atoms with Gasteiger partial charge in [-0.3, -0.25) is 0 Å². The molecule has 1 heteroatoms. The van der Waals surface area contributed by atoms with Crippen molar-refractivity contribution < 1.29 is 0 Å². The van der Waals surface area contributed by atoms with Crippen LogP contribution < -0.4 is 5.32 Å². The van der Waals surface area contributed by atoms with Gasteiger partial charge in [-0.05, 0) is 42.7 Å². The Labute approximate surface area is 74.1 Å². The van der Waals surface area contributed by atoms with Crippen LogP contribution in [0.15, 0.2) is 18.7 Å². The van der Waals surface area contributed by atoms with E-state index >= 15 is 0 Å². The summed E-state index contributed by atoms with van der Waals surface area (Å²) in [4.78, 5) is 0. The molecule has 0 saturated heterocycles. The van der Waals surface area contributed by atoms with Crippen molar-refractivity contribution in [3.8, 4) is 0 Å². The highest BCUT2D eigenvalue weighted by Gasteiger charge is 1.99. The fourth-order valence-electron chi connectivity index (χ4n) is 1.22. The first-order valence-corrected chi connectivity index (χ1v) is 4.10. The van der Waals surface area contributed by atoms with Gasteiger partial charge in [-0.2, -0.15) is 0 Å². The van der Waals surface area contributed by atoms with Crippen LogP contribution in [0.4, 0.5) is 5.69 Å². The summed E-state index contributed by atoms with van der Waals surface area (Å²) in [6.45, 7) is 8.00. The van der Waals surface area contributed by atoms with Crippen molar-refractivity contribution in [2.24, 2.45) is 0 Å². The van der Waals surface area contributed by atoms with Crippen LogP contribution in [0.5, 0.6) is 0 Å². The summed E-state index contributed by atoms with van der Waals surface area (Å²) in [5.74, 6) is 0. The second kappa shape index (κ2) is 3.44. The molecule has 1 aromatic carbocycles. The van der Waals surface area contributed by atoms with Crippen molar-refractivity contribution in [1.82, 2.24) is 0 Å². The van der Waals surface area contributed by atoms with Crippen LogP contribution in [0.1, 0.15) is 16.7 Å². The van der Waals surface area contributed by atoms with E-state index in [0.29, 0.717) is 0 Å². The lowest BCUT2D eigenvalue weighted by Gasteiger charge is -2.08. The zero-order chi connectivity index (χ0) is 9.14. The number of aryl methyl sites for hydroxylation is 2. The van der Waals surface area contributed by atoms with Crippen molar-refractivity contribution in [2.45, 2.75) is 13.8 Å². The minimum Gasteiger partial charge on any atom is -0.388 e. The van der Waals surface area contributed by atoms with Gasteiger partial charge in [-0.1, -0.05) is 12.7 Å². The third-order valence-corrected chi connectivity index (χ3v) is 2.16. The standard InChI is InChI=1S/C11H15N/c1-5-10-6-8(2)9(3)7-11(10)12-4/h5-7,12H,1H2,2-4H3. The molecule has 0 aliphatic carbocycles. The van der Waals surface area contributed by atoms with E-state index in [1.165, 1.54) is 16.7 Å². The van der Waals surface area contributed by atoms with Crippen LogP contribution in [0.2, 0.25) is 0 Å². The molecule has 0 aromatic heterocycles. The van der Waals surface area contributed by atoms with Gasteiger partial charge in [0.05, 0.1) is 0 Å². The average Bonchev–Trinajstić information content (AvgIpc) is 2.09. The molecule has 0 saturated carbocycles. The lowest BCUT2D eigenvalue weighted by Crippen LogP contribution is -1.93. The second-order valence-corrected chi connectivity index (χ2v) is 2.98. The highest BCUT2D eigenvalue weighted by Crippen LogP contribution is 2.21. The average molecular weight is 161 g/mol. The molecule has 0 unspecified atom stereocenters. The first kappa shape index (κ1) is 8.85. The summed E-state index contributed by atoms with van der Waals surface area (Å²) in [6.07, 6.45) is 1.87. The summed E-state index contributed by atoms with van der Waals surface area (Å²) in [6, 6.07) is 4.29. The topological polar surface area (TPSA) is 12.0 Å². The molecule has 64 valence electrons. The maximum Gasteiger partial charge on any atom is 0.0413 e. The number of benzene rings is 1. The molecule has 0 bridgehead atoms. The fourth-order valence-corrected chi connectivity index (χ4v) is 1.22. The minimum absolute atomic E-state index is 1.15. The molecule has 1 N–H and O–H groups in total. The first-order chi connectivity index (χ1) is 5.69. The molecule has 0 atom stereocenters. The molecule has 1 aromatic rings. The Morgan fingerprint density at radius 1 is 1.25 bits per heavy atom. The third kappa shape index (κ3) is 1.50. The maximum absolute atomic E-state index is 3.77. The van der Waals surface area contributed by atoms with E-state index in [4.69, 9.17) is 0 Å². The summed E-state index contributed by atoms with van der Waals surface area (Å²) < 4.78 is 0. The zero-order valence-electron chi connectivity index (χ0n) is 7.94. The van der Waals surface area contributed by atoms with Gasteiger partial charge in [-0.25, -0.2) is 0 Å². The van der Waals surface area contributed by atoms with Gasteiger partial charge in [0.1, 0.15) is 0 Å². The molecule has 0 aliphatic heterocycles. The van der Waals surface area contributed by atoms with Crippen molar-refractivity contribution >= 4 is 11.8 Å². The first-order valence-electron chi connectivity index (χ1n) is 4.10. The van der Waals surface area contributed by atoms with Crippen LogP contribution in [0.25, 0.3) is 6.08 Å². The van der Waals surface area contributed by atoms with E-state index in [2.05, 4.69) is 37.9 Å². The molecule has 1 rings (SSSR count). The van der Waals surface area contributed by atoms with E-state index < -0.39 is 0 Å². The van der Waals surface area contributed by atoms with E-state index in [9.17, 15) is 0 Å². The molecule has 0 spiro atoms. The van der Waals surface area contributed by atoms with Crippen molar-refractivity contribution in [3.05, 3.63) is 35.4 Å². The van der Waals surface area contributed by atoms with Crippen LogP contribution in [-0.2, 0) is 0 Å². The lowest BCUT2D eigenvalue weighted by molar-refractivity contribution is 1.32. The van der Waals surface area contributed by atoms with E-state index in [1.54, 1.807) is 0 Å². The maximum atomic E-state index is 3.77. The van der Waals surface area contributed by atoms with Crippen molar-refractivity contribution in [1.29, 1.82) is 0 Å². The Morgan fingerprint density at radius 2 is 1.83 bits per heavy atom. The Hall–Kier alpha value is -1.24. The van der Waals surface area contributed by atoms with Crippen LogP contribution in [0.3, 0.4) is 0 Å². The number of rotatable bonds is 2. The predicted octanol–water partition coefficient (Wildman–Crippen LogP) is 2.99. The number of hydrogen-bond acceptors (Lipinski definition) is 1. The Bertz CT molecular complexity index is 300. The van der Waals surface area contributed by atoms with E-state index in [-0.39, 0.29) is 0 Å². The molecule has 0 aliphatic rings. The van der Waals surface area contributed by atoms with Gasteiger partial charge in [-0.15, -0.1) is 0 Å². The molecular formula is C11H15N. The second-order valence-electron chi connectivity index (χ2n) is 2.98. The van der Waals surface area contributed by atoms with Gasteiger partial charge in [0.2, 0.25) is 0 Å². The SMILES string of the molecule is C=Cc1cc(C)c(C)cc1NC. The van der Waals surface area contributed by atoms with Crippen LogP contribution in [-0.4, -0.2) is 7.05 Å². The monoisotopic (exact) mass is 161 g/mol. The van der Waals surface area contributed by atoms with Gasteiger partial charge < -0.3 is 5.32 Å². The van der Waals surface area contributed by atoms with Gasteiger partial charge in [0.15, 0.2) is 0 Å². The lowest BCUT2D eigenvalue weighted by atomic mass is 10.0. The highest BCUT2D eigenvalue weighted by molar-refractivity contribution is 5.67. The van der Waals surface area contributed by atoms with Crippen molar-refractivity contribution in [2.75, 3.05) is 12.4 Å². The van der Waals surface area contributed by atoms with Crippen LogP contribution >= 0.6 is 0 Å². The quantitative estimate of drug-likeness (QED) is 0.703. The summed E-state index contributed by atoms with van der Waals surface area (Å²) in [5, 5.41) is 3.14. The molecular weight excluding hydrogens is 146 g/mol. The molecule has 0 radical (unpaired) electrons. The molecule has 1 nitrogen and oxygen atoms in total. The van der Waals surface area contributed by atoms with E-state index in [0.717, 1.165) is 5.69 Å². The Kier molecular flexibility index (Phi) is 2.54. The fraction of sp³-hybridized carbons (Fsp3) is 0.273. The van der Waals surface area contributed by atoms with Crippen molar-refractivity contribution in [3.63, 3.8) is 0 Å². The Morgan fingerprint density at radius 3 is 2.33 bits per heavy atom. The number of nitrogens with one attached hydrogen (secondary N) is 1. The summed E-state index contributed by atoms with van der Waals surface area (Å²) in [7, 11) is 1.93. The Balaban J connectivity index is 3.28. The molecule has 12 heavy (non-hydrogen) atoms. The molecule has 0 heterocycles. The molecule has 0 fully saturated rings. The normalized spacial score (nSPS) is 9.58. The smallest absolute Gasteiger partial charge is 0.0413 e.